The van der Waals surface area contributed by atoms with Crippen LogP contribution in [0, 0.1) is 98.6 Å². The van der Waals surface area contributed by atoms with Gasteiger partial charge in [0.2, 0.25) is 0 Å². The van der Waals surface area contributed by atoms with Crippen LogP contribution in [0.4, 0.5) is 0 Å². The zero-order valence-corrected chi connectivity index (χ0v) is 51.2. The van der Waals surface area contributed by atoms with E-state index in [1.165, 1.54) is 173 Å². The summed E-state index contributed by atoms with van der Waals surface area (Å²) in [5, 5.41) is 25.7. The highest BCUT2D eigenvalue weighted by Gasteiger charge is 2.61. The number of hydrogen-bond donors (Lipinski definition) is 3. The number of aliphatic hydroxyl groups excluding tert-OH is 3. The molecule has 0 aromatic carbocycles. The Balaban J connectivity index is 0.000000212. The first kappa shape index (κ1) is 62.5. The maximum atomic E-state index is 8.91. The van der Waals surface area contributed by atoms with Gasteiger partial charge in [-0.1, -0.05) is 183 Å². The van der Waals surface area contributed by atoms with Crippen LogP contribution < -0.4 is 0 Å². The van der Waals surface area contributed by atoms with Gasteiger partial charge >= 0.3 is 0 Å². The lowest BCUT2D eigenvalue weighted by Gasteiger charge is -2.58. The minimum atomic E-state index is 0.305. The molecule has 0 aromatic rings. The molecule has 16 atom stereocenters. The normalized spacial score (nSPS) is 37.9. The number of rotatable bonds is 25. The van der Waals surface area contributed by atoms with Crippen molar-refractivity contribution < 1.29 is 20.1 Å². The lowest BCUT2D eigenvalue weighted by molar-refractivity contribution is -0.0641. The molecule has 4 heteroatoms. The van der Waals surface area contributed by atoms with E-state index in [0.29, 0.717) is 47.6 Å². The highest BCUT2D eigenvalue weighted by atomic mass is 16.5. The average Bonchev–Trinajstić information content (AvgIpc) is 3.92. The Kier molecular flexibility index (Phi) is 25.1. The Labute approximate surface area is 460 Å². The van der Waals surface area contributed by atoms with Crippen molar-refractivity contribution in [2.75, 3.05) is 26.4 Å². The molecule has 0 spiro atoms. The lowest BCUT2D eigenvalue weighted by Crippen LogP contribution is -2.51. The lowest BCUT2D eigenvalue weighted by atomic mass is 9.46. The molecule has 0 amide bonds. The van der Waals surface area contributed by atoms with Gasteiger partial charge in [-0.3, -0.25) is 0 Å². The van der Waals surface area contributed by atoms with E-state index in [1.807, 2.05) is 5.57 Å². The van der Waals surface area contributed by atoms with Crippen LogP contribution in [0.3, 0.4) is 0 Å². The van der Waals surface area contributed by atoms with Crippen LogP contribution in [0.1, 0.15) is 288 Å². The second-order valence-corrected chi connectivity index (χ2v) is 29.7. The van der Waals surface area contributed by atoms with Crippen molar-refractivity contribution in [1.29, 1.82) is 0 Å². The molecule has 0 heterocycles. The molecule has 0 aliphatic heterocycles. The fourth-order valence-electron chi connectivity index (χ4n) is 19.6. The summed E-state index contributed by atoms with van der Waals surface area (Å²) in [5.41, 5.74) is 5.87. The Hall–Kier alpha value is -0.680. The summed E-state index contributed by atoms with van der Waals surface area (Å²) in [4.78, 5) is 0. The largest absolute Gasteiger partial charge is 0.396 e. The van der Waals surface area contributed by atoms with Crippen molar-refractivity contribution in [1.82, 2.24) is 0 Å². The summed E-state index contributed by atoms with van der Waals surface area (Å²) in [6.07, 6.45) is 49.9. The molecule has 430 valence electrons. The van der Waals surface area contributed by atoms with Crippen molar-refractivity contribution in [2.45, 2.75) is 294 Å². The van der Waals surface area contributed by atoms with Crippen molar-refractivity contribution in [3.63, 3.8) is 0 Å². The second-order valence-electron chi connectivity index (χ2n) is 29.7. The number of ether oxygens (including phenoxy) is 1. The van der Waals surface area contributed by atoms with Gasteiger partial charge in [-0.2, -0.15) is 0 Å². The zero-order valence-electron chi connectivity index (χ0n) is 51.2. The topological polar surface area (TPSA) is 69.9 Å². The van der Waals surface area contributed by atoms with Crippen molar-refractivity contribution in [2.24, 2.45) is 98.6 Å². The summed E-state index contributed by atoms with van der Waals surface area (Å²) in [7, 11) is 0. The fourth-order valence-corrected chi connectivity index (χ4v) is 19.6. The highest BCUT2D eigenvalue weighted by molar-refractivity contribution is 5.27. The van der Waals surface area contributed by atoms with Gasteiger partial charge in [0.05, 0.1) is 6.10 Å². The molecule has 3 N–H and O–H groups in total. The summed E-state index contributed by atoms with van der Waals surface area (Å²) in [5.74, 6) is 12.3. The van der Waals surface area contributed by atoms with Gasteiger partial charge < -0.3 is 20.1 Å². The van der Waals surface area contributed by atoms with Crippen LogP contribution in [-0.2, 0) is 4.74 Å². The molecule has 8 rings (SSSR count). The van der Waals surface area contributed by atoms with Crippen molar-refractivity contribution in [3.05, 3.63) is 23.3 Å². The van der Waals surface area contributed by atoms with E-state index in [9.17, 15) is 0 Å². The average molecular weight is 1030 g/mol. The van der Waals surface area contributed by atoms with Crippen molar-refractivity contribution >= 4 is 0 Å². The molecule has 4 nitrogen and oxygen atoms in total. The van der Waals surface area contributed by atoms with E-state index in [-0.39, 0.29) is 0 Å². The van der Waals surface area contributed by atoms with Crippen LogP contribution in [-0.4, -0.2) is 47.9 Å². The molecule has 6 fully saturated rings. The van der Waals surface area contributed by atoms with Crippen LogP contribution in [0.2, 0.25) is 0 Å². The number of fused-ring (bicyclic) bond motifs is 10. The Morgan fingerprint density at radius 1 is 0.459 bits per heavy atom. The maximum absolute atomic E-state index is 8.91. The first-order valence-electron chi connectivity index (χ1n) is 33.3. The van der Waals surface area contributed by atoms with Gasteiger partial charge in [-0.05, 0) is 227 Å². The number of hydrogen-bond acceptors (Lipinski definition) is 4. The SMILES string of the molecule is CC(C)CCC[C@@H](C)[C@H]1CCC2[C@@H]3CC=C4C[C@@H](C)CC[C@]4(C)C3CC[C@@]21C.CC(C)CCC[C@@H](C)[C@H]1CCC2[C@@H]3CC=C4C[C@@H](OCCCCCCCCO)CC[C@]4(C)C3CC[C@@]21C.OCCCCCCCO. The van der Waals surface area contributed by atoms with E-state index in [0.717, 1.165) is 122 Å². The minimum Gasteiger partial charge on any atom is -0.396 e. The Morgan fingerprint density at radius 3 is 1.32 bits per heavy atom. The van der Waals surface area contributed by atoms with Gasteiger partial charge in [-0.15, -0.1) is 0 Å². The van der Waals surface area contributed by atoms with Gasteiger partial charge in [0, 0.05) is 26.4 Å². The maximum Gasteiger partial charge on any atom is 0.0612 e. The number of unbranched alkanes of at least 4 members (excludes halogenated alkanes) is 9. The van der Waals surface area contributed by atoms with Crippen LogP contribution in [0.5, 0.6) is 0 Å². The van der Waals surface area contributed by atoms with E-state index in [1.54, 1.807) is 5.57 Å². The molecular formula is C70H126O4. The molecular weight excluding hydrogens is 905 g/mol. The third kappa shape index (κ3) is 15.4. The van der Waals surface area contributed by atoms with E-state index >= 15 is 0 Å². The zero-order chi connectivity index (χ0) is 53.5. The van der Waals surface area contributed by atoms with Gasteiger partial charge in [0.1, 0.15) is 0 Å². The third-order valence-corrected chi connectivity index (χ3v) is 24.0. The van der Waals surface area contributed by atoms with Crippen LogP contribution in [0.25, 0.3) is 0 Å². The second kappa shape index (κ2) is 29.7. The highest BCUT2D eigenvalue weighted by Crippen LogP contribution is 2.69. The molecule has 0 saturated heterocycles. The number of aliphatic hydroxyl groups is 3. The van der Waals surface area contributed by atoms with Gasteiger partial charge in [-0.25, -0.2) is 0 Å². The Morgan fingerprint density at radius 2 is 0.878 bits per heavy atom. The molecule has 8 aliphatic carbocycles. The Bertz CT molecular complexity index is 1660. The van der Waals surface area contributed by atoms with Crippen molar-refractivity contribution in [3.8, 4) is 0 Å². The third-order valence-electron chi connectivity index (χ3n) is 24.0. The molecule has 8 aliphatic rings. The molecule has 6 saturated carbocycles. The standard InChI is InChI=1S/C35H62O2.C28H48.C7H16O2/c1-26(2)13-12-14-27(3)31-17-18-32-30-16-15-28-25-29(37-24-11-9-7-6-8-10-23-36)19-21-34(28,4)33(30)20-22-35(31,32)5;1-19(2)8-7-9-21(4)24-12-13-25-23-11-10-22-18-20(3)14-16-27(22,5)26(23)15-17-28(24,25)6;8-6-4-2-1-3-5-7-9/h15,26-27,29-33,36H,6-14,16-25H2,1-5H3;10,19-21,23-26H,7-9,11-18H2,1-6H3;8-9H,1-7H2/t27-,29+,30+,31-,32?,33?,34+,35-;20-,21+,23-,24+,25?,26?,27-,28+;/m10./s1. The monoisotopic (exact) mass is 1030 g/mol. The minimum absolute atomic E-state index is 0.305. The number of allylic oxidation sites excluding steroid dienone is 3. The molecule has 74 heavy (non-hydrogen) atoms. The molecule has 4 unspecified atom stereocenters. The molecule has 0 aromatic heterocycles. The first-order chi connectivity index (χ1) is 35.5. The first-order valence-corrected chi connectivity index (χ1v) is 33.3. The summed E-state index contributed by atoms with van der Waals surface area (Å²) in [6.45, 7) is 29.9. The fraction of sp³-hybridized carbons (Fsp3) is 0.943. The van der Waals surface area contributed by atoms with Gasteiger partial charge in [0.15, 0.2) is 0 Å². The van der Waals surface area contributed by atoms with E-state index in [4.69, 9.17) is 20.1 Å². The summed E-state index contributed by atoms with van der Waals surface area (Å²) in [6, 6.07) is 0. The predicted molar refractivity (Wildman–Crippen MR) is 317 cm³/mol. The summed E-state index contributed by atoms with van der Waals surface area (Å²) < 4.78 is 6.43. The van der Waals surface area contributed by atoms with E-state index < -0.39 is 0 Å². The smallest absolute Gasteiger partial charge is 0.0612 e. The van der Waals surface area contributed by atoms with Crippen LogP contribution >= 0.6 is 0 Å². The predicted octanol–water partition coefficient (Wildman–Crippen LogP) is 19.3. The quantitative estimate of drug-likeness (QED) is 0.0630. The van der Waals surface area contributed by atoms with Crippen LogP contribution in [0.15, 0.2) is 23.3 Å². The van der Waals surface area contributed by atoms with Gasteiger partial charge in [0.25, 0.3) is 0 Å². The van der Waals surface area contributed by atoms with E-state index in [2.05, 4.69) is 88.3 Å². The summed E-state index contributed by atoms with van der Waals surface area (Å²) >= 11 is 0. The molecule has 0 bridgehead atoms. The molecule has 0 radical (unpaired) electrons.